The summed E-state index contributed by atoms with van der Waals surface area (Å²) in [6.07, 6.45) is 4.58. The van der Waals surface area contributed by atoms with Crippen molar-refractivity contribution < 1.29 is 9.13 Å². The van der Waals surface area contributed by atoms with E-state index in [4.69, 9.17) is 4.74 Å². The molecule has 29 heavy (non-hydrogen) atoms. The van der Waals surface area contributed by atoms with Crippen molar-refractivity contribution in [1.29, 1.82) is 0 Å². The van der Waals surface area contributed by atoms with Gasteiger partial charge in [0.2, 0.25) is 0 Å². The van der Waals surface area contributed by atoms with Crippen LogP contribution in [0.5, 0.6) is 5.75 Å². The highest BCUT2D eigenvalue weighted by Gasteiger charge is 2.15. The van der Waals surface area contributed by atoms with E-state index in [0.717, 1.165) is 31.4 Å². The van der Waals surface area contributed by atoms with Crippen molar-refractivity contribution in [2.45, 2.75) is 58.5 Å². The second-order valence-electron chi connectivity index (χ2n) is 8.01. The quantitative estimate of drug-likeness (QED) is 0.344. The lowest BCUT2D eigenvalue weighted by molar-refractivity contribution is 0.242. The molecule has 3 aromatic carbocycles. The van der Waals surface area contributed by atoms with Gasteiger partial charge in [0.05, 0.1) is 6.10 Å². The molecule has 2 heteroatoms. The van der Waals surface area contributed by atoms with Gasteiger partial charge in [0, 0.05) is 5.92 Å². The highest BCUT2D eigenvalue weighted by molar-refractivity contribution is 5.36. The summed E-state index contributed by atoms with van der Waals surface area (Å²) in [5.74, 6) is 0.967. The molecule has 0 aromatic heterocycles. The number of rotatable bonds is 9. The van der Waals surface area contributed by atoms with E-state index in [9.17, 15) is 4.39 Å². The van der Waals surface area contributed by atoms with E-state index in [1.54, 1.807) is 12.1 Å². The number of hydrogen-bond acceptors (Lipinski definition) is 1. The number of aryl methyl sites for hydroxylation is 2. The summed E-state index contributed by atoms with van der Waals surface area (Å²) in [6, 6.07) is 23.9. The predicted molar refractivity (Wildman–Crippen MR) is 119 cm³/mol. The van der Waals surface area contributed by atoms with Crippen molar-refractivity contribution in [2.75, 3.05) is 0 Å². The first-order valence-corrected chi connectivity index (χ1v) is 10.6. The van der Waals surface area contributed by atoms with Gasteiger partial charge in [-0.1, -0.05) is 55.0 Å². The summed E-state index contributed by atoms with van der Waals surface area (Å²) < 4.78 is 19.2. The summed E-state index contributed by atoms with van der Waals surface area (Å²) in [5, 5.41) is 0. The molecular formula is C27H31FO. The fourth-order valence-corrected chi connectivity index (χ4v) is 3.83. The van der Waals surface area contributed by atoms with E-state index in [1.165, 1.54) is 22.3 Å². The Morgan fingerprint density at radius 1 is 0.793 bits per heavy atom. The van der Waals surface area contributed by atoms with Crippen LogP contribution in [0.1, 0.15) is 61.3 Å². The molecule has 0 aliphatic carbocycles. The van der Waals surface area contributed by atoms with Crippen LogP contribution in [-0.4, -0.2) is 6.10 Å². The predicted octanol–water partition coefficient (Wildman–Crippen LogP) is 7.47. The van der Waals surface area contributed by atoms with Crippen molar-refractivity contribution in [3.8, 4) is 5.75 Å². The molecule has 0 unspecified atom stereocenters. The van der Waals surface area contributed by atoms with Crippen LogP contribution in [0.4, 0.5) is 4.39 Å². The third kappa shape index (κ3) is 6.19. The lowest BCUT2D eigenvalue weighted by atomic mass is 9.86. The smallest absolute Gasteiger partial charge is 0.123 e. The van der Waals surface area contributed by atoms with Crippen molar-refractivity contribution in [3.05, 3.63) is 101 Å². The van der Waals surface area contributed by atoms with Crippen molar-refractivity contribution in [3.63, 3.8) is 0 Å². The molecule has 0 heterocycles. The number of unbranched alkanes of at least 4 members (excludes halogenated alkanes) is 1. The molecule has 1 nitrogen and oxygen atoms in total. The monoisotopic (exact) mass is 390 g/mol. The molecule has 1 atom stereocenters. The molecule has 0 N–H and O–H groups in total. The van der Waals surface area contributed by atoms with Crippen LogP contribution >= 0.6 is 0 Å². The maximum atomic E-state index is 13.4. The van der Waals surface area contributed by atoms with E-state index in [2.05, 4.69) is 43.3 Å². The summed E-state index contributed by atoms with van der Waals surface area (Å²) in [6.45, 7) is 6.24. The number of hydrogen-bond donors (Lipinski definition) is 0. The number of halogens is 1. The van der Waals surface area contributed by atoms with Gasteiger partial charge in [0.25, 0.3) is 0 Å². The van der Waals surface area contributed by atoms with Crippen LogP contribution < -0.4 is 4.74 Å². The largest absolute Gasteiger partial charge is 0.491 e. The lowest BCUT2D eigenvalue weighted by Gasteiger charge is -2.19. The van der Waals surface area contributed by atoms with Crippen LogP contribution in [0.15, 0.2) is 72.8 Å². The van der Waals surface area contributed by atoms with Gasteiger partial charge >= 0.3 is 0 Å². The molecule has 152 valence electrons. The van der Waals surface area contributed by atoms with E-state index in [0.29, 0.717) is 0 Å². The van der Waals surface area contributed by atoms with E-state index < -0.39 is 0 Å². The van der Waals surface area contributed by atoms with Gasteiger partial charge in [-0.25, -0.2) is 4.39 Å². The first kappa shape index (κ1) is 21.1. The number of benzene rings is 3. The fraction of sp³-hybridized carbons (Fsp3) is 0.333. The Morgan fingerprint density at radius 3 is 2.03 bits per heavy atom. The van der Waals surface area contributed by atoms with Crippen LogP contribution in [0.3, 0.4) is 0 Å². The topological polar surface area (TPSA) is 9.23 Å². The standard InChI is InChI=1S/C27H31FO/c1-20(2)29-26-18-14-24(15-19-26)27(23-12-16-25(28)17-13-23)11-7-6-10-22-9-5-4-8-21(22)3/h4-5,8-9,12-20,27H,6-7,10-11H2,1-3H3/t27-/m1/s1. The second-order valence-corrected chi connectivity index (χ2v) is 8.01. The van der Waals surface area contributed by atoms with Gasteiger partial charge in [-0.2, -0.15) is 0 Å². The molecule has 0 saturated carbocycles. The van der Waals surface area contributed by atoms with Gasteiger partial charge in [0.15, 0.2) is 0 Å². The van der Waals surface area contributed by atoms with Crippen LogP contribution in [-0.2, 0) is 6.42 Å². The van der Waals surface area contributed by atoms with Crippen LogP contribution in [0.2, 0.25) is 0 Å². The Bertz CT molecular complexity index is 881. The lowest BCUT2D eigenvalue weighted by Crippen LogP contribution is -2.06. The van der Waals surface area contributed by atoms with Gasteiger partial charge in [-0.3, -0.25) is 0 Å². The summed E-state index contributed by atoms with van der Waals surface area (Å²) in [4.78, 5) is 0. The first-order valence-electron chi connectivity index (χ1n) is 10.6. The Kier molecular flexibility index (Phi) is 7.46. The minimum absolute atomic E-state index is 0.162. The molecule has 0 aliphatic rings. The van der Waals surface area contributed by atoms with Crippen LogP contribution in [0, 0.1) is 12.7 Å². The maximum absolute atomic E-state index is 13.4. The van der Waals surface area contributed by atoms with E-state index in [1.807, 2.05) is 38.1 Å². The normalized spacial score (nSPS) is 12.2. The van der Waals surface area contributed by atoms with Gasteiger partial charge in [-0.15, -0.1) is 0 Å². The SMILES string of the molecule is Cc1ccccc1CCCC[C@H](c1ccc(F)cc1)c1ccc(OC(C)C)cc1. The Balaban J connectivity index is 1.69. The Hall–Kier alpha value is -2.61. The fourth-order valence-electron chi connectivity index (χ4n) is 3.83. The zero-order valence-corrected chi connectivity index (χ0v) is 17.7. The molecular weight excluding hydrogens is 359 g/mol. The minimum Gasteiger partial charge on any atom is -0.491 e. The molecule has 0 spiro atoms. The highest BCUT2D eigenvalue weighted by atomic mass is 19.1. The summed E-state index contributed by atoms with van der Waals surface area (Å²) in [7, 11) is 0. The van der Waals surface area contributed by atoms with Crippen molar-refractivity contribution in [2.24, 2.45) is 0 Å². The van der Waals surface area contributed by atoms with E-state index >= 15 is 0 Å². The Morgan fingerprint density at radius 2 is 1.41 bits per heavy atom. The molecule has 0 fully saturated rings. The molecule has 0 amide bonds. The average Bonchev–Trinajstić information content (AvgIpc) is 2.71. The van der Waals surface area contributed by atoms with Gasteiger partial charge in [0.1, 0.15) is 11.6 Å². The second kappa shape index (κ2) is 10.2. The molecule has 3 aromatic rings. The molecule has 0 aliphatic heterocycles. The van der Waals surface area contributed by atoms with Gasteiger partial charge in [-0.05, 0) is 86.6 Å². The first-order chi connectivity index (χ1) is 14.0. The summed E-state index contributed by atoms with van der Waals surface area (Å²) >= 11 is 0. The molecule has 0 bridgehead atoms. The molecule has 0 radical (unpaired) electrons. The summed E-state index contributed by atoms with van der Waals surface area (Å²) in [5.41, 5.74) is 5.22. The van der Waals surface area contributed by atoms with Gasteiger partial charge < -0.3 is 4.74 Å². The molecule has 3 rings (SSSR count). The number of ether oxygens (including phenoxy) is 1. The third-order valence-corrected chi connectivity index (χ3v) is 5.38. The minimum atomic E-state index is -0.187. The Labute approximate surface area is 174 Å². The van der Waals surface area contributed by atoms with Crippen LogP contribution in [0.25, 0.3) is 0 Å². The van der Waals surface area contributed by atoms with Crippen molar-refractivity contribution in [1.82, 2.24) is 0 Å². The van der Waals surface area contributed by atoms with E-state index in [-0.39, 0.29) is 17.8 Å². The zero-order valence-electron chi connectivity index (χ0n) is 17.7. The average molecular weight is 391 g/mol. The molecule has 0 saturated heterocycles. The zero-order chi connectivity index (χ0) is 20.6. The maximum Gasteiger partial charge on any atom is 0.123 e. The van der Waals surface area contributed by atoms with Crippen molar-refractivity contribution >= 4 is 0 Å². The third-order valence-electron chi connectivity index (χ3n) is 5.38. The highest BCUT2D eigenvalue weighted by Crippen LogP contribution is 2.31.